The number of amides is 3. The zero-order chi connectivity index (χ0) is 26.9. The minimum absolute atomic E-state index is 0.0659. The molecule has 0 spiro atoms. The van der Waals surface area contributed by atoms with Gasteiger partial charge in [-0.1, -0.05) is 0 Å². The van der Waals surface area contributed by atoms with Crippen LogP contribution in [0.3, 0.4) is 0 Å². The number of hydrogen-bond acceptors (Lipinski definition) is 7. The molecule has 0 aromatic heterocycles. The molecular formula is C29H41FN6O3. The zero-order valence-electron chi connectivity index (χ0n) is 22.8. The Labute approximate surface area is 230 Å². The lowest BCUT2D eigenvalue weighted by Crippen LogP contribution is -2.52. The van der Waals surface area contributed by atoms with Gasteiger partial charge in [-0.3, -0.25) is 24.6 Å². The largest absolute Gasteiger partial charge is 0.367 e. The summed E-state index contributed by atoms with van der Waals surface area (Å²) in [6, 6.07) is 2.69. The molecule has 212 valence electrons. The summed E-state index contributed by atoms with van der Waals surface area (Å²) >= 11 is 0. The number of nitrogens with one attached hydrogen (secondary N) is 2. The minimum Gasteiger partial charge on any atom is -0.367 e. The molecule has 4 fully saturated rings. The van der Waals surface area contributed by atoms with Gasteiger partial charge in [-0.05, 0) is 82.3 Å². The number of nitrogens with zero attached hydrogens (tertiary/aromatic N) is 4. The molecule has 2 N–H and O–H groups in total. The first kappa shape index (κ1) is 26.7. The van der Waals surface area contributed by atoms with Gasteiger partial charge in [-0.25, -0.2) is 4.39 Å². The van der Waals surface area contributed by atoms with Crippen molar-refractivity contribution in [2.45, 2.75) is 51.1 Å². The number of piperazine rings is 1. The standard InChI is InChI=1S/C29H41FN6O3/c30-27-23-19-36(25-3-4-26(37)32-28(25)38)29(39)22(23)1-2-24(27)35-15-13-34(14-16-35)18-21-7-11-33(12-8-21)17-20-5-9-31-10-6-20/h1-2,20-21,25,31H,3-19H2,(H,32,37,38). The summed E-state index contributed by atoms with van der Waals surface area (Å²) in [5, 5.41) is 5.76. The Morgan fingerprint density at radius 2 is 1.49 bits per heavy atom. The van der Waals surface area contributed by atoms with Crippen LogP contribution in [0.4, 0.5) is 10.1 Å². The van der Waals surface area contributed by atoms with Crippen LogP contribution in [0.25, 0.3) is 0 Å². The van der Waals surface area contributed by atoms with Crippen LogP contribution in [0.5, 0.6) is 0 Å². The van der Waals surface area contributed by atoms with Gasteiger partial charge in [0.1, 0.15) is 6.04 Å². The quantitative estimate of drug-likeness (QED) is 0.528. The number of piperidine rings is 3. The molecule has 0 aliphatic carbocycles. The Balaban J connectivity index is 0.997. The highest BCUT2D eigenvalue weighted by Crippen LogP contribution is 2.34. The number of halogens is 1. The molecule has 39 heavy (non-hydrogen) atoms. The molecule has 5 aliphatic rings. The first-order valence-corrected chi connectivity index (χ1v) is 14.8. The van der Waals surface area contributed by atoms with Gasteiger partial charge >= 0.3 is 0 Å². The lowest BCUT2D eigenvalue weighted by atomic mass is 9.93. The van der Waals surface area contributed by atoms with Gasteiger partial charge in [-0.15, -0.1) is 0 Å². The summed E-state index contributed by atoms with van der Waals surface area (Å²) in [6.45, 7) is 10.5. The van der Waals surface area contributed by atoms with E-state index in [0.717, 1.165) is 44.6 Å². The molecule has 1 unspecified atom stereocenters. The number of likely N-dealkylation sites (tertiary alicyclic amines) is 1. The van der Waals surface area contributed by atoms with Crippen molar-refractivity contribution in [1.82, 2.24) is 25.3 Å². The Hall–Kier alpha value is -2.56. The van der Waals surface area contributed by atoms with E-state index in [1.165, 1.54) is 63.3 Å². The van der Waals surface area contributed by atoms with Crippen molar-refractivity contribution in [3.8, 4) is 0 Å². The summed E-state index contributed by atoms with van der Waals surface area (Å²) in [6.07, 6.45) is 5.61. The van der Waals surface area contributed by atoms with Gasteiger partial charge in [0.15, 0.2) is 5.82 Å². The summed E-state index contributed by atoms with van der Waals surface area (Å²) in [5.74, 6) is 0.0976. The van der Waals surface area contributed by atoms with Crippen molar-refractivity contribution < 1.29 is 18.8 Å². The fourth-order valence-corrected chi connectivity index (χ4v) is 7.15. The first-order chi connectivity index (χ1) is 19.0. The fraction of sp³-hybridized carbons (Fsp3) is 0.690. The predicted octanol–water partition coefficient (Wildman–Crippen LogP) is 1.42. The highest BCUT2D eigenvalue weighted by Gasteiger charge is 2.41. The molecule has 1 atom stereocenters. The van der Waals surface area contributed by atoms with Crippen LogP contribution >= 0.6 is 0 Å². The molecule has 9 nitrogen and oxygen atoms in total. The molecule has 5 heterocycles. The molecule has 0 radical (unpaired) electrons. The summed E-state index contributed by atoms with van der Waals surface area (Å²) in [4.78, 5) is 45.5. The highest BCUT2D eigenvalue weighted by molar-refractivity contribution is 6.05. The second kappa shape index (κ2) is 11.5. The minimum atomic E-state index is -0.731. The van der Waals surface area contributed by atoms with Crippen LogP contribution < -0.4 is 15.5 Å². The molecule has 5 aliphatic heterocycles. The van der Waals surface area contributed by atoms with Crippen molar-refractivity contribution in [2.24, 2.45) is 11.8 Å². The number of rotatable bonds is 6. The number of imide groups is 1. The average Bonchev–Trinajstić information content (AvgIpc) is 3.28. The lowest BCUT2D eigenvalue weighted by molar-refractivity contribution is -0.136. The Bertz CT molecular complexity index is 1090. The van der Waals surface area contributed by atoms with Crippen LogP contribution in [0.1, 0.15) is 54.4 Å². The van der Waals surface area contributed by atoms with E-state index in [-0.39, 0.29) is 37.0 Å². The average molecular weight is 541 g/mol. The lowest BCUT2D eigenvalue weighted by Gasteiger charge is -2.40. The van der Waals surface area contributed by atoms with Crippen LogP contribution in [-0.4, -0.2) is 104 Å². The summed E-state index contributed by atoms with van der Waals surface area (Å²) in [5.41, 5.74) is 1.23. The van der Waals surface area contributed by atoms with Gasteiger partial charge in [-0.2, -0.15) is 0 Å². The molecule has 4 saturated heterocycles. The first-order valence-electron chi connectivity index (χ1n) is 14.8. The summed E-state index contributed by atoms with van der Waals surface area (Å²) < 4.78 is 15.7. The van der Waals surface area contributed by atoms with Gasteiger partial charge in [0.25, 0.3) is 5.91 Å². The van der Waals surface area contributed by atoms with Crippen molar-refractivity contribution in [1.29, 1.82) is 0 Å². The molecule has 6 rings (SSSR count). The highest BCUT2D eigenvalue weighted by atomic mass is 19.1. The predicted molar refractivity (Wildman–Crippen MR) is 146 cm³/mol. The third-order valence-corrected chi connectivity index (χ3v) is 9.54. The van der Waals surface area contributed by atoms with E-state index in [9.17, 15) is 14.4 Å². The molecule has 1 aromatic rings. The number of anilines is 1. The zero-order valence-corrected chi connectivity index (χ0v) is 22.8. The Morgan fingerprint density at radius 3 is 2.18 bits per heavy atom. The fourth-order valence-electron chi connectivity index (χ4n) is 7.15. The Kier molecular flexibility index (Phi) is 7.86. The second-order valence-corrected chi connectivity index (χ2v) is 12.0. The van der Waals surface area contributed by atoms with E-state index in [1.54, 1.807) is 12.1 Å². The van der Waals surface area contributed by atoms with E-state index in [0.29, 0.717) is 16.8 Å². The second-order valence-electron chi connectivity index (χ2n) is 12.0. The molecular weight excluding hydrogens is 499 g/mol. The SMILES string of the molecule is O=C1CCC(N2Cc3c(ccc(N4CCN(CC5CCN(CC6CCNCC6)CC5)CC4)c3F)C2=O)C(=O)N1. The van der Waals surface area contributed by atoms with Gasteiger partial charge in [0.05, 0.1) is 12.2 Å². The third-order valence-electron chi connectivity index (χ3n) is 9.54. The van der Waals surface area contributed by atoms with Crippen molar-refractivity contribution >= 4 is 23.4 Å². The van der Waals surface area contributed by atoms with Crippen molar-refractivity contribution in [3.05, 3.63) is 29.1 Å². The maximum absolute atomic E-state index is 15.7. The molecule has 3 amide bonds. The Morgan fingerprint density at radius 1 is 0.821 bits per heavy atom. The van der Waals surface area contributed by atoms with E-state index in [4.69, 9.17) is 0 Å². The normalized spacial score (nSPS) is 26.3. The van der Waals surface area contributed by atoms with Crippen molar-refractivity contribution in [2.75, 3.05) is 70.3 Å². The number of fused-ring (bicyclic) bond motifs is 1. The molecule has 1 aromatic carbocycles. The van der Waals surface area contributed by atoms with Crippen LogP contribution in [0.15, 0.2) is 12.1 Å². The number of carbonyl (C=O) groups is 3. The number of hydrogen-bond donors (Lipinski definition) is 2. The van der Waals surface area contributed by atoms with Gasteiger partial charge in [0, 0.05) is 56.8 Å². The van der Waals surface area contributed by atoms with Crippen molar-refractivity contribution in [3.63, 3.8) is 0 Å². The van der Waals surface area contributed by atoms with Crippen LogP contribution in [-0.2, 0) is 16.1 Å². The maximum atomic E-state index is 15.7. The van der Waals surface area contributed by atoms with Gasteiger partial charge < -0.3 is 20.0 Å². The van der Waals surface area contributed by atoms with E-state index < -0.39 is 11.9 Å². The van der Waals surface area contributed by atoms with Crippen LogP contribution in [0, 0.1) is 17.7 Å². The van der Waals surface area contributed by atoms with E-state index >= 15 is 4.39 Å². The molecule has 0 bridgehead atoms. The topological polar surface area (TPSA) is 88.2 Å². The number of benzene rings is 1. The number of carbonyl (C=O) groups excluding carboxylic acids is 3. The molecule has 10 heteroatoms. The van der Waals surface area contributed by atoms with E-state index in [1.807, 2.05) is 0 Å². The smallest absolute Gasteiger partial charge is 0.255 e. The monoisotopic (exact) mass is 540 g/mol. The third kappa shape index (κ3) is 5.69. The van der Waals surface area contributed by atoms with Gasteiger partial charge in [0.2, 0.25) is 11.8 Å². The summed E-state index contributed by atoms with van der Waals surface area (Å²) in [7, 11) is 0. The van der Waals surface area contributed by atoms with E-state index in [2.05, 4.69) is 25.3 Å². The maximum Gasteiger partial charge on any atom is 0.255 e. The van der Waals surface area contributed by atoms with Crippen LogP contribution in [0.2, 0.25) is 0 Å². The molecule has 0 saturated carbocycles.